The Morgan fingerprint density at radius 2 is 1.85 bits per heavy atom. The zero-order valence-corrected chi connectivity index (χ0v) is 15.5. The second kappa shape index (κ2) is 8.66. The van der Waals surface area contributed by atoms with Gasteiger partial charge in [-0.2, -0.15) is 8.78 Å². The first-order chi connectivity index (χ1) is 12.7. The van der Waals surface area contributed by atoms with Gasteiger partial charge in [-0.1, -0.05) is 0 Å². The van der Waals surface area contributed by atoms with Crippen molar-refractivity contribution in [3.05, 3.63) is 46.8 Å². The van der Waals surface area contributed by atoms with E-state index in [-0.39, 0.29) is 29.5 Å². The molecule has 0 aliphatic carbocycles. The Labute approximate surface area is 155 Å². The van der Waals surface area contributed by atoms with Gasteiger partial charge in [0.05, 0.1) is 12.2 Å². The molecule has 146 valence electrons. The number of nitrogens with zero attached hydrogens (tertiary/aromatic N) is 1. The van der Waals surface area contributed by atoms with E-state index in [1.807, 2.05) is 18.5 Å². The summed E-state index contributed by atoms with van der Waals surface area (Å²) in [4.78, 5) is 24.5. The topological polar surface area (TPSA) is 66.8 Å². The first-order valence-corrected chi connectivity index (χ1v) is 8.29. The Morgan fingerprint density at radius 3 is 2.41 bits per heavy atom. The van der Waals surface area contributed by atoms with Crippen molar-refractivity contribution in [2.75, 3.05) is 13.2 Å². The first-order valence-electron chi connectivity index (χ1n) is 8.29. The summed E-state index contributed by atoms with van der Waals surface area (Å²) < 4.78 is 41.3. The maximum Gasteiger partial charge on any atom is 0.387 e. The monoisotopic (exact) mass is 381 g/mol. The summed E-state index contributed by atoms with van der Waals surface area (Å²) in [6, 6.07) is 5.44. The van der Waals surface area contributed by atoms with Crippen LogP contribution >= 0.6 is 0 Å². The fraction of sp³-hybridized carbons (Fsp3) is 0.368. The summed E-state index contributed by atoms with van der Waals surface area (Å²) >= 11 is 0. The number of alkyl halides is 2. The molecule has 27 heavy (non-hydrogen) atoms. The smallest absolute Gasteiger partial charge is 0.387 e. The van der Waals surface area contributed by atoms with Gasteiger partial charge in [-0.3, -0.25) is 4.79 Å². The highest BCUT2D eigenvalue weighted by molar-refractivity contribution is 6.00. The zero-order valence-electron chi connectivity index (χ0n) is 15.5. The zero-order chi connectivity index (χ0) is 20.1. The van der Waals surface area contributed by atoms with Crippen LogP contribution in [0, 0.1) is 13.8 Å². The average molecular weight is 381 g/mol. The second-order valence-electron chi connectivity index (χ2n) is 5.82. The molecule has 0 N–H and O–H groups in total. The number of benzene rings is 1. The third kappa shape index (κ3) is 4.84. The van der Waals surface area contributed by atoms with Crippen molar-refractivity contribution >= 4 is 11.8 Å². The lowest BCUT2D eigenvalue weighted by atomic mass is 10.1. The molecule has 8 heteroatoms. The van der Waals surface area contributed by atoms with Gasteiger partial charge in [-0.25, -0.2) is 4.79 Å². The van der Waals surface area contributed by atoms with Crippen LogP contribution in [0.4, 0.5) is 8.78 Å². The number of rotatable bonds is 8. The van der Waals surface area contributed by atoms with Crippen LogP contribution in [0.25, 0.3) is 0 Å². The van der Waals surface area contributed by atoms with E-state index in [2.05, 4.69) is 4.74 Å². The van der Waals surface area contributed by atoms with Crippen LogP contribution in [0.1, 0.15) is 39.0 Å². The third-order valence-corrected chi connectivity index (χ3v) is 4.11. The van der Waals surface area contributed by atoms with Crippen LogP contribution < -0.4 is 9.47 Å². The van der Waals surface area contributed by atoms with E-state index < -0.39 is 19.2 Å². The van der Waals surface area contributed by atoms with Gasteiger partial charge in [-0.15, -0.1) is 0 Å². The van der Waals surface area contributed by atoms with Crippen LogP contribution in [0.5, 0.6) is 11.5 Å². The number of carbonyl (C=O) groups is 2. The van der Waals surface area contributed by atoms with Gasteiger partial charge in [0.25, 0.3) is 0 Å². The van der Waals surface area contributed by atoms with Gasteiger partial charge < -0.3 is 18.8 Å². The Hall–Kier alpha value is -2.90. The standard InChI is InChI=1S/C19H21F2NO5/c1-5-25-17-9-13(6-7-16(17)27-19(20)21)18(24)26-10-15(23)14-8-11(2)22(4)12(14)3/h6-9,19H,5,10H2,1-4H3. The van der Waals surface area contributed by atoms with Gasteiger partial charge in [0, 0.05) is 24.0 Å². The second-order valence-corrected chi connectivity index (χ2v) is 5.82. The predicted molar refractivity (Wildman–Crippen MR) is 93.7 cm³/mol. The summed E-state index contributed by atoms with van der Waals surface area (Å²) in [6.07, 6.45) is 0. The predicted octanol–water partition coefficient (Wildman–Crippen LogP) is 3.68. The molecular weight excluding hydrogens is 360 g/mol. The Kier molecular flexibility index (Phi) is 6.55. The van der Waals surface area contributed by atoms with Crippen LogP contribution in [-0.4, -0.2) is 36.1 Å². The molecule has 0 aliphatic heterocycles. The van der Waals surface area contributed by atoms with Crippen LogP contribution in [0.2, 0.25) is 0 Å². The number of aryl methyl sites for hydroxylation is 1. The molecule has 2 rings (SSSR count). The molecule has 0 amide bonds. The molecule has 0 unspecified atom stereocenters. The highest BCUT2D eigenvalue weighted by atomic mass is 19.3. The van der Waals surface area contributed by atoms with E-state index in [9.17, 15) is 18.4 Å². The van der Waals surface area contributed by atoms with E-state index in [0.717, 1.165) is 11.4 Å². The van der Waals surface area contributed by atoms with E-state index in [1.165, 1.54) is 18.2 Å². The molecule has 0 bridgehead atoms. The summed E-state index contributed by atoms with van der Waals surface area (Å²) in [6.45, 7) is 2.09. The van der Waals surface area contributed by atoms with Gasteiger partial charge in [0.1, 0.15) is 0 Å². The summed E-state index contributed by atoms with van der Waals surface area (Å²) in [7, 11) is 1.84. The molecule has 1 aromatic heterocycles. The lowest BCUT2D eigenvalue weighted by Crippen LogP contribution is -2.15. The van der Waals surface area contributed by atoms with Crippen molar-refractivity contribution in [1.29, 1.82) is 0 Å². The third-order valence-electron chi connectivity index (χ3n) is 4.11. The normalized spacial score (nSPS) is 10.8. The number of esters is 1. The number of Topliss-reactive ketones (excluding diaryl/α,β-unsaturated/α-hetero) is 1. The van der Waals surface area contributed by atoms with Crippen molar-refractivity contribution in [3.63, 3.8) is 0 Å². The highest BCUT2D eigenvalue weighted by Gasteiger charge is 2.19. The van der Waals surface area contributed by atoms with Gasteiger partial charge in [0.15, 0.2) is 18.1 Å². The molecular formula is C19H21F2NO5. The van der Waals surface area contributed by atoms with Gasteiger partial charge in [0.2, 0.25) is 5.78 Å². The lowest BCUT2D eigenvalue weighted by Gasteiger charge is -2.12. The van der Waals surface area contributed by atoms with E-state index in [1.54, 1.807) is 19.9 Å². The number of aromatic nitrogens is 1. The van der Waals surface area contributed by atoms with E-state index >= 15 is 0 Å². The fourth-order valence-corrected chi connectivity index (χ4v) is 2.53. The van der Waals surface area contributed by atoms with Crippen LogP contribution in [-0.2, 0) is 11.8 Å². The summed E-state index contributed by atoms with van der Waals surface area (Å²) in [5.41, 5.74) is 2.24. The first kappa shape index (κ1) is 20.4. The molecule has 0 aliphatic rings. The fourth-order valence-electron chi connectivity index (χ4n) is 2.53. The molecule has 0 atom stereocenters. The molecule has 1 aromatic carbocycles. The number of halogens is 2. The Morgan fingerprint density at radius 1 is 1.15 bits per heavy atom. The number of ether oxygens (including phenoxy) is 3. The maximum absolute atomic E-state index is 12.4. The van der Waals surface area contributed by atoms with Crippen molar-refractivity contribution in [2.45, 2.75) is 27.4 Å². The van der Waals surface area contributed by atoms with E-state index in [4.69, 9.17) is 9.47 Å². The molecule has 1 heterocycles. The molecule has 0 saturated carbocycles. The quantitative estimate of drug-likeness (QED) is 0.515. The molecule has 6 nitrogen and oxygen atoms in total. The number of carbonyl (C=O) groups excluding carboxylic acids is 2. The van der Waals surface area contributed by atoms with Crippen molar-refractivity contribution in [3.8, 4) is 11.5 Å². The molecule has 0 radical (unpaired) electrons. The average Bonchev–Trinajstić information content (AvgIpc) is 2.88. The van der Waals surface area contributed by atoms with Crippen LogP contribution in [0.3, 0.4) is 0 Å². The number of ketones is 1. The Bertz CT molecular complexity index is 845. The SMILES string of the molecule is CCOc1cc(C(=O)OCC(=O)c2cc(C)n(C)c2C)ccc1OC(F)F. The van der Waals surface area contributed by atoms with Crippen molar-refractivity contribution < 1.29 is 32.6 Å². The minimum Gasteiger partial charge on any atom is -0.490 e. The molecule has 0 saturated heterocycles. The lowest BCUT2D eigenvalue weighted by molar-refractivity contribution is -0.0514. The highest BCUT2D eigenvalue weighted by Crippen LogP contribution is 2.30. The number of hydrogen-bond donors (Lipinski definition) is 0. The van der Waals surface area contributed by atoms with Crippen molar-refractivity contribution in [1.82, 2.24) is 4.57 Å². The molecule has 0 fully saturated rings. The number of hydrogen-bond acceptors (Lipinski definition) is 5. The Balaban J connectivity index is 2.09. The van der Waals surface area contributed by atoms with Crippen molar-refractivity contribution in [2.24, 2.45) is 7.05 Å². The van der Waals surface area contributed by atoms with Crippen LogP contribution in [0.15, 0.2) is 24.3 Å². The minimum absolute atomic E-state index is 0.00638. The largest absolute Gasteiger partial charge is 0.490 e. The van der Waals surface area contributed by atoms with E-state index in [0.29, 0.717) is 5.56 Å². The van der Waals surface area contributed by atoms with Gasteiger partial charge >= 0.3 is 12.6 Å². The maximum atomic E-state index is 12.4. The molecule has 0 spiro atoms. The summed E-state index contributed by atoms with van der Waals surface area (Å²) in [5, 5.41) is 0. The molecule has 2 aromatic rings. The summed E-state index contributed by atoms with van der Waals surface area (Å²) in [5.74, 6) is -1.28. The van der Waals surface area contributed by atoms with Gasteiger partial charge in [-0.05, 0) is 45.0 Å². The minimum atomic E-state index is -3.02.